The minimum atomic E-state index is -0.531. The van der Waals surface area contributed by atoms with Gasteiger partial charge < -0.3 is 10.1 Å². The molecule has 1 saturated carbocycles. The standard InChI is InChI=1S/C19H19NO3/c21-18-11-10-17(18)20-19(22)23-13-16-8-6-15(7-9-16)12-14-4-2-1-3-5-14/h1-9,17H,10-13H2,(H,20,22)/t17-/m0/s1. The number of rotatable bonds is 5. The van der Waals surface area contributed by atoms with E-state index < -0.39 is 6.09 Å². The molecule has 0 unspecified atom stereocenters. The van der Waals surface area contributed by atoms with Gasteiger partial charge in [0.15, 0.2) is 5.78 Å². The minimum Gasteiger partial charge on any atom is -0.445 e. The maximum Gasteiger partial charge on any atom is 0.408 e. The zero-order valence-corrected chi connectivity index (χ0v) is 12.8. The highest BCUT2D eigenvalue weighted by Crippen LogP contribution is 2.14. The van der Waals surface area contributed by atoms with Crippen LogP contribution < -0.4 is 5.32 Å². The Morgan fingerprint density at radius 1 is 1.00 bits per heavy atom. The van der Waals surface area contributed by atoms with E-state index in [1.807, 2.05) is 42.5 Å². The first-order chi connectivity index (χ1) is 11.2. The Hall–Kier alpha value is -2.62. The van der Waals surface area contributed by atoms with Gasteiger partial charge in [-0.05, 0) is 29.5 Å². The average Bonchev–Trinajstić information content (AvgIpc) is 2.59. The number of hydrogen-bond donors (Lipinski definition) is 1. The monoisotopic (exact) mass is 309 g/mol. The van der Waals surface area contributed by atoms with Crippen molar-refractivity contribution in [3.05, 3.63) is 71.3 Å². The SMILES string of the molecule is O=C(N[C@H]1CCC1=O)OCc1ccc(Cc2ccccc2)cc1. The highest BCUT2D eigenvalue weighted by molar-refractivity contribution is 5.92. The first-order valence-electron chi connectivity index (χ1n) is 7.78. The number of ketones is 1. The molecule has 1 aliphatic carbocycles. The Kier molecular flexibility index (Phi) is 4.71. The molecule has 0 spiro atoms. The first-order valence-corrected chi connectivity index (χ1v) is 7.78. The fourth-order valence-corrected chi connectivity index (χ4v) is 2.48. The second-order valence-corrected chi connectivity index (χ2v) is 5.76. The first kappa shape index (κ1) is 15.3. The van der Waals surface area contributed by atoms with E-state index in [1.165, 1.54) is 11.1 Å². The lowest BCUT2D eigenvalue weighted by atomic mass is 9.91. The molecular formula is C19H19NO3. The maximum absolute atomic E-state index is 11.6. The maximum atomic E-state index is 11.6. The van der Waals surface area contributed by atoms with E-state index in [4.69, 9.17) is 4.74 Å². The number of nitrogens with one attached hydrogen (secondary N) is 1. The third kappa shape index (κ3) is 4.19. The van der Waals surface area contributed by atoms with Gasteiger partial charge in [0.05, 0.1) is 6.04 Å². The molecule has 1 atom stereocenters. The van der Waals surface area contributed by atoms with Gasteiger partial charge in [0.25, 0.3) is 0 Å². The summed E-state index contributed by atoms with van der Waals surface area (Å²) in [5.74, 6) is 0.0761. The number of hydrogen-bond acceptors (Lipinski definition) is 3. The highest BCUT2D eigenvalue weighted by atomic mass is 16.5. The van der Waals surface area contributed by atoms with E-state index in [1.54, 1.807) is 0 Å². The topological polar surface area (TPSA) is 55.4 Å². The molecule has 0 heterocycles. The van der Waals surface area contributed by atoms with Crippen LogP contribution in [0.1, 0.15) is 29.5 Å². The molecule has 1 amide bonds. The number of carbonyl (C=O) groups is 2. The van der Waals surface area contributed by atoms with Crippen LogP contribution in [-0.4, -0.2) is 17.9 Å². The zero-order valence-electron chi connectivity index (χ0n) is 12.8. The summed E-state index contributed by atoms with van der Waals surface area (Å²) in [4.78, 5) is 22.7. The number of carbonyl (C=O) groups excluding carboxylic acids is 2. The lowest BCUT2D eigenvalue weighted by Gasteiger charge is -2.24. The van der Waals surface area contributed by atoms with E-state index in [-0.39, 0.29) is 18.4 Å². The van der Waals surface area contributed by atoms with Crippen molar-refractivity contribution in [1.29, 1.82) is 0 Å². The number of ether oxygens (including phenoxy) is 1. The number of benzene rings is 2. The van der Waals surface area contributed by atoms with E-state index in [2.05, 4.69) is 17.4 Å². The molecule has 118 valence electrons. The van der Waals surface area contributed by atoms with Gasteiger partial charge in [0, 0.05) is 6.42 Å². The van der Waals surface area contributed by atoms with Gasteiger partial charge in [-0.15, -0.1) is 0 Å². The van der Waals surface area contributed by atoms with Crippen molar-refractivity contribution in [2.75, 3.05) is 0 Å². The number of Topliss-reactive ketones (excluding diaryl/α,β-unsaturated/α-hetero) is 1. The minimum absolute atomic E-state index is 0.0761. The summed E-state index contributed by atoms with van der Waals surface area (Å²) in [6.07, 6.45) is 1.61. The van der Waals surface area contributed by atoms with Gasteiger partial charge in [0.2, 0.25) is 0 Å². The van der Waals surface area contributed by atoms with Crippen molar-refractivity contribution in [3.63, 3.8) is 0 Å². The molecule has 2 aromatic rings. The number of alkyl carbamates (subject to hydrolysis) is 1. The predicted molar refractivity (Wildman–Crippen MR) is 87.0 cm³/mol. The normalized spacial score (nSPS) is 16.5. The smallest absolute Gasteiger partial charge is 0.408 e. The third-order valence-electron chi connectivity index (χ3n) is 4.00. The Morgan fingerprint density at radius 3 is 2.26 bits per heavy atom. The molecule has 0 radical (unpaired) electrons. The van der Waals surface area contributed by atoms with Crippen LogP contribution >= 0.6 is 0 Å². The summed E-state index contributed by atoms with van der Waals surface area (Å²) in [7, 11) is 0. The molecule has 2 aromatic carbocycles. The second kappa shape index (κ2) is 7.09. The van der Waals surface area contributed by atoms with E-state index >= 15 is 0 Å². The molecule has 1 aliphatic rings. The van der Waals surface area contributed by atoms with Gasteiger partial charge in [-0.25, -0.2) is 4.79 Å². The predicted octanol–water partition coefficient (Wildman–Crippen LogP) is 3.24. The molecule has 0 aliphatic heterocycles. The molecule has 4 nitrogen and oxygen atoms in total. The van der Waals surface area contributed by atoms with Crippen LogP contribution in [0.15, 0.2) is 54.6 Å². The molecule has 1 fully saturated rings. The van der Waals surface area contributed by atoms with E-state index in [0.717, 1.165) is 12.0 Å². The Bertz CT molecular complexity index is 680. The van der Waals surface area contributed by atoms with Gasteiger partial charge in [-0.1, -0.05) is 54.6 Å². The highest BCUT2D eigenvalue weighted by Gasteiger charge is 2.29. The van der Waals surface area contributed by atoms with Crippen molar-refractivity contribution in [2.45, 2.75) is 31.9 Å². The zero-order chi connectivity index (χ0) is 16.1. The molecule has 4 heteroatoms. The summed E-state index contributed by atoms with van der Waals surface area (Å²) < 4.78 is 5.14. The average molecular weight is 309 g/mol. The van der Waals surface area contributed by atoms with Gasteiger partial charge in [-0.2, -0.15) is 0 Å². The lowest BCUT2D eigenvalue weighted by Crippen LogP contribution is -2.47. The van der Waals surface area contributed by atoms with Crippen molar-refractivity contribution in [2.24, 2.45) is 0 Å². The summed E-state index contributed by atoms with van der Waals surface area (Å²) in [6, 6.07) is 17.9. The van der Waals surface area contributed by atoms with Crippen LogP contribution in [0.2, 0.25) is 0 Å². The van der Waals surface area contributed by atoms with Crippen LogP contribution in [0.3, 0.4) is 0 Å². The van der Waals surface area contributed by atoms with Crippen LogP contribution in [0, 0.1) is 0 Å². The molecule has 23 heavy (non-hydrogen) atoms. The summed E-state index contributed by atoms with van der Waals surface area (Å²) in [5.41, 5.74) is 3.41. The van der Waals surface area contributed by atoms with Crippen LogP contribution in [0.5, 0.6) is 0 Å². The summed E-state index contributed by atoms with van der Waals surface area (Å²) in [5, 5.41) is 2.57. The van der Waals surface area contributed by atoms with Crippen LogP contribution in [0.4, 0.5) is 4.79 Å². The quantitative estimate of drug-likeness (QED) is 0.922. The van der Waals surface area contributed by atoms with Crippen molar-refractivity contribution in [3.8, 4) is 0 Å². The third-order valence-corrected chi connectivity index (χ3v) is 4.00. The van der Waals surface area contributed by atoms with Crippen molar-refractivity contribution < 1.29 is 14.3 Å². The van der Waals surface area contributed by atoms with Crippen molar-refractivity contribution in [1.82, 2.24) is 5.32 Å². The van der Waals surface area contributed by atoms with Crippen molar-refractivity contribution >= 4 is 11.9 Å². The fourth-order valence-electron chi connectivity index (χ4n) is 2.48. The Morgan fingerprint density at radius 2 is 1.65 bits per heavy atom. The Balaban J connectivity index is 1.47. The van der Waals surface area contributed by atoms with Gasteiger partial charge >= 0.3 is 6.09 Å². The fraction of sp³-hybridized carbons (Fsp3) is 0.263. The largest absolute Gasteiger partial charge is 0.445 e. The molecular weight excluding hydrogens is 290 g/mol. The molecule has 0 aromatic heterocycles. The van der Waals surface area contributed by atoms with Crippen LogP contribution in [-0.2, 0) is 22.6 Å². The molecule has 0 bridgehead atoms. The molecule has 0 saturated heterocycles. The van der Waals surface area contributed by atoms with Gasteiger partial charge in [0.1, 0.15) is 6.61 Å². The molecule has 3 rings (SSSR count). The van der Waals surface area contributed by atoms with E-state index in [0.29, 0.717) is 12.8 Å². The van der Waals surface area contributed by atoms with Gasteiger partial charge in [-0.3, -0.25) is 4.79 Å². The van der Waals surface area contributed by atoms with E-state index in [9.17, 15) is 9.59 Å². The second-order valence-electron chi connectivity index (χ2n) is 5.76. The van der Waals surface area contributed by atoms with Crippen LogP contribution in [0.25, 0.3) is 0 Å². The molecule has 1 N–H and O–H groups in total. The Labute approximate surface area is 135 Å². The number of amides is 1. The summed E-state index contributed by atoms with van der Waals surface area (Å²) in [6.45, 7) is 0.207. The lowest BCUT2D eigenvalue weighted by molar-refractivity contribution is -0.126. The summed E-state index contributed by atoms with van der Waals surface area (Å²) >= 11 is 0.